The van der Waals surface area contributed by atoms with Gasteiger partial charge in [0.2, 0.25) is 11.8 Å². The molecule has 1 aromatic carbocycles. The molecule has 0 bridgehead atoms. The SMILES string of the molecule is CCN(CC(=O)Nc1ccc(OC)cc1)[C@@H](C)C(=O)NC(=O)NC1CCCCC1. The van der Waals surface area contributed by atoms with E-state index in [1.54, 1.807) is 43.2 Å². The Hall–Kier alpha value is -2.61. The third kappa shape index (κ3) is 7.38. The minimum atomic E-state index is -0.612. The van der Waals surface area contributed by atoms with Crippen LogP contribution in [0, 0.1) is 0 Å². The molecular weight excluding hydrogens is 372 g/mol. The number of carbonyl (C=O) groups excluding carboxylic acids is 3. The lowest BCUT2D eigenvalue weighted by Gasteiger charge is -2.27. The zero-order valence-corrected chi connectivity index (χ0v) is 17.5. The number of methoxy groups -OCH3 is 1. The Kier molecular flexibility index (Phi) is 8.92. The molecule has 8 nitrogen and oxygen atoms in total. The fourth-order valence-corrected chi connectivity index (χ4v) is 3.43. The van der Waals surface area contributed by atoms with Crippen molar-refractivity contribution in [2.24, 2.45) is 0 Å². The molecule has 2 rings (SSSR count). The van der Waals surface area contributed by atoms with Gasteiger partial charge in [0.25, 0.3) is 0 Å². The van der Waals surface area contributed by atoms with Gasteiger partial charge in [-0.25, -0.2) is 4.79 Å². The van der Waals surface area contributed by atoms with Crippen molar-refractivity contribution in [1.29, 1.82) is 0 Å². The van der Waals surface area contributed by atoms with Crippen molar-refractivity contribution in [2.75, 3.05) is 25.5 Å². The highest BCUT2D eigenvalue weighted by atomic mass is 16.5. The standard InChI is InChI=1S/C21H32N4O4/c1-4-25(14-19(26)22-17-10-12-18(29-3)13-11-17)15(2)20(27)24-21(28)23-16-8-6-5-7-9-16/h10-13,15-16H,4-9,14H2,1-3H3,(H,22,26)(H2,23,24,27,28)/t15-/m0/s1. The number of likely N-dealkylation sites (N-methyl/N-ethyl adjacent to an activating group) is 1. The second kappa shape index (κ2) is 11.4. The molecule has 0 aromatic heterocycles. The van der Waals surface area contributed by atoms with Crippen molar-refractivity contribution in [3.05, 3.63) is 24.3 Å². The maximum atomic E-state index is 12.4. The quantitative estimate of drug-likeness (QED) is 0.618. The van der Waals surface area contributed by atoms with Crippen LogP contribution >= 0.6 is 0 Å². The van der Waals surface area contributed by atoms with Crippen LogP contribution in [-0.4, -0.2) is 55.0 Å². The van der Waals surface area contributed by atoms with E-state index < -0.39 is 18.0 Å². The number of hydrogen-bond donors (Lipinski definition) is 3. The summed E-state index contributed by atoms with van der Waals surface area (Å²) in [6, 6.07) is 6.07. The number of benzene rings is 1. The molecule has 4 amide bonds. The lowest BCUT2D eigenvalue weighted by molar-refractivity contribution is -0.126. The molecular formula is C21H32N4O4. The summed E-state index contributed by atoms with van der Waals surface area (Å²) in [6.07, 6.45) is 5.29. The Labute approximate surface area is 172 Å². The molecule has 1 atom stereocenters. The van der Waals surface area contributed by atoms with Gasteiger partial charge in [0.1, 0.15) is 5.75 Å². The molecule has 8 heteroatoms. The summed E-state index contributed by atoms with van der Waals surface area (Å²) in [5.41, 5.74) is 0.649. The Morgan fingerprint density at radius 3 is 2.38 bits per heavy atom. The maximum Gasteiger partial charge on any atom is 0.321 e. The van der Waals surface area contributed by atoms with E-state index in [4.69, 9.17) is 4.74 Å². The minimum absolute atomic E-state index is 0.0430. The summed E-state index contributed by atoms with van der Waals surface area (Å²) in [5, 5.41) is 8.07. The summed E-state index contributed by atoms with van der Waals surface area (Å²) in [6.45, 7) is 4.09. The number of carbonyl (C=O) groups is 3. The monoisotopic (exact) mass is 404 g/mol. The second-order valence-electron chi connectivity index (χ2n) is 7.31. The third-order valence-electron chi connectivity index (χ3n) is 5.23. The highest BCUT2D eigenvalue weighted by Gasteiger charge is 2.24. The first-order chi connectivity index (χ1) is 13.9. The van der Waals surface area contributed by atoms with Gasteiger partial charge in [-0.05, 0) is 50.6 Å². The number of ether oxygens (including phenoxy) is 1. The first-order valence-electron chi connectivity index (χ1n) is 10.2. The van der Waals surface area contributed by atoms with Crippen LogP contribution in [0.1, 0.15) is 46.0 Å². The van der Waals surface area contributed by atoms with Crippen molar-refractivity contribution < 1.29 is 19.1 Å². The second-order valence-corrected chi connectivity index (χ2v) is 7.31. The van der Waals surface area contributed by atoms with Gasteiger partial charge in [-0.2, -0.15) is 0 Å². The molecule has 0 radical (unpaired) electrons. The minimum Gasteiger partial charge on any atom is -0.497 e. The highest BCUT2D eigenvalue weighted by Crippen LogP contribution is 2.17. The van der Waals surface area contributed by atoms with Crippen LogP contribution < -0.4 is 20.7 Å². The lowest BCUT2D eigenvalue weighted by Crippen LogP contribution is -2.52. The Morgan fingerprint density at radius 2 is 1.79 bits per heavy atom. The molecule has 1 aromatic rings. The molecule has 29 heavy (non-hydrogen) atoms. The van der Waals surface area contributed by atoms with E-state index in [-0.39, 0.29) is 18.5 Å². The number of urea groups is 1. The number of nitrogens with one attached hydrogen (secondary N) is 3. The van der Waals surface area contributed by atoms with Crippen LogP contribution in [0.25, 0.3) is 0 Å². The van der Waals surface area contributed by atoms with E-state index >= 15 is 0 Å². The van der Waals surface area contributed by atoms with Gasteiger partial charge in [-0.15, -0.1) is 0 Å². The average molecular weight is 405 g/mol. The predicted octanol–water partition coefficient (Wildman–Crippen LogP) is 2.50. The van der Waals surface area contributed by atoms with Crippen LogP contribution in [0.15, 0.2) is 24.3 Å². The van der Waals surface area contributed by atoms with Crippen LogP contribution in [0.3, 0.4) is 0 Å². The van der Waals surface area contributed by atoms with Crippen molar-refractivity contribution >= 4 is 23.5 Å². The van der Waals surface area contributed by atoms with Crippen molar-refractivity contribution in [3.8, 4) is 5.75 Å². The van der Waals surface area contributed by atoms with Gasteiger partial charge >= 0.3 is 6.03 Å². The fourth-order valence-electron chi connectivity index (χ4n) is 3.43. The van der Waals surface area contributed by atoms with Crippen LogP contribution in [0.4, 0.5) is 10.5 Å². The molecule has 1 fully saturated rings. The van der Waals surface area contributed by atoms with Crippen molar-refractivity contribution in [3.63, 3.8) is 0 Å². The van der Waals surface area contributed by atoms with Gasteiger partial charge in [-0.3, -0.25) is 19.8 Å². The third-order valence-corrected chi connectivity index (χ3v) is 5.23. The van der Waals surface area contributed by atoms with Crippen molar-refractivity contribution in [1.82, 2.24) is 15.5 Å². The first-order valence-corrected chi connectivity index (χ1v) is 10.2. The summed E-state index contributed by atoms with van der Waals surface area (Å²) < 4.78 is 5.10. The van der Waals surface area contributed by atoms with Crippen LogP contribution in [-0.2, 0) is 9.59 Å². The molecule has 0 heterocycles. The highest BCUT2D eigenvalue weighted by molar-refractivity contribution is 5.97. The summed E-state index contributed by atoms with van der Waals surface area (Å²) in [7, 11) is 1.58. The fraction of sp³-hybridized carbons (Fsp3) is 0.571. The largest absolute Gasteiger partial charge is 0.497 e. The summed E-state index contributed by atoms with van der Waals surface area (Å²) in [5.74, 6) is 0.0516. The van der Waals surface area contributed by atoms with Gasteiger partial charge in [0, 0.05) is 11.7 Å². The summed E-state index contributed by atoms with van der Waals surface area (Å²) >= 11 is 0. The van der Waals surface area contributed by atoms with Crippen LogP contribution in [0.5, 0.6) is 5.75 Å². The van der Waals surface area contributed by atoms with E-state index in [1.165, 1.54) is 6.42 Å². The van der Waals surface area contributed by atoms with Gasteiger partial charge in [0.15, 0.2) is 0 Å². The van der Waals surface area contributed by atoms with Gasteiger partial charge in [-0.1, -0.05) is 26.2 Å². The Morgan fingerprint density at radius 1 is 1.14 bits per heavy atom. The predicted molar refractivity (Wildman–Crippen MR) is 112 cm³/mol. The van der Waals surface area contributed by atoms with E-state index in [0.29, 0.717) is 18.0 Å². The van der Waals surface area contributed by atoms with Crippen LogP contribution in [0.2, 0.25) is 0 Å². The first kappa shape index (κ1) is 22.7. The van der Waals surface area contributed by atoms with E-state index in [2.05, 4.69) is 16.0 Å². The summed E-state index contributed by atoms with van der Waals surface area (Å²) in [4.78, 5) is 38.6. The zero-order valence-electron chi connectivity index (χ0n) is 17.5. The molecule has 0 saturated heterocycles. The average Bonchev–Trinajstić information content (AvgIpc) is 2.72. The number of hydrogen-bond acceptors (Lipinski definition) is 5. The molecule has 0 unspecified atom stereocenters. The molecule has 1 aliphatic carbocycles. The lowest BCUT2D eigenvalue weighted by atomic mass is 9.96. The molecule has 160 valence electrons. The maximum absolute atomic E-state index is 12.4. The Balaban J connectivity index is 1.82. The number of anilines is 1. The normalized spacial score (nSPS) is 15.4. The van der Waals surface area contributed by atoms with E-state index in [9.17, 15) is 14.4 Å². The van der Waals surface area contributed by atoms with E-state index in [1.807, 2.05) is 6.92 Å². The molecule has 1 saturated carbocycles. The zero-order chi connectivity index (χ0) is 21.2. The molecule has 1 aliphatic rings. The number of rotatable bonds is 8. The number of amides is 4. The molecule has 3 N–H and O–H groups in total. The number of nitrogens with zero attached hydrogens (tertiary/aromatic N) is 1. The van der Waals surface area contributed by atoms with E-state index in [0.717, 1.165) is 25.7 Å². The topological polar surface area (TPSA) is 99.8 Å². The van der Waals surface area contributed by atoms with Gasteiger partial charge in [0.05, 0.1) is 19.7 Å². The Bertz CT molecular complexity index is 686. The molecule has 0 aliphatic heterocycles. The number of imide groups is 1. The smallest absolute Gasteiger partial charge is 0.321 e. The van der Waals surface area contributed by atoms with Crippen molar-refractivity contribution in [2.45, 2.75) is 58.0 Å². The molecule has 0 spiro atoms. The van der Waals surface area contributed by atoms with Gasteiger partial charge < -0.3 is 15.4 Å².